The van der Waals surface area contributed by atoms with E-state index in [4.69, 9.17) is 11.6 Å². The first-order valence-electron chi connectivity index (χ1n) is 6.24. The van der Waals surface area contributed by atoms with Crippen molar-refractivity contribution < 1.29 is 4.79 Å². The smallest absolute Gasteiger partial charge is 0.251 e. The van der Waals surface area contributed by atoms with E-state index in [2.05, 4.69) is 5.32 Å². The van der Waals surface area contributed by atoms with Gasteiger partial charge in [-0.05, 0) is 37.5 Å². The van der Waals surface area contributed by atoms with Crippen LogP contribution in [-0.2, 0) is 0 Å². The van der Waals surface area contributed by atoms with E-state index in [1.54, 1.807) is 6.07 Å². The lowest BCUT2D eigenvalue weighted by Gasteiger charge is -2.22. The summed E-state index contributed by atoms with van der Waals surface area (Å²) in [6.07, 6.45) is 5.94. The standard InChI is InChI=1S/C14H18ClNO/c1-10-7-8-11(9-13(10)15)14(17)16-12-5-3-2-4-6-12/h7-9,12H,2-6H2,1H3,(H,16,17). The fraction of sp³-hybridized carbons (Fsp3) is 0.500. The minimum Gasteiger partial charge on any atom is -0.349 e. The van der Waals surface area contributed by atoms with Gasteiger partial charge < -0.3 is 5.32 Å². The van der Waals surface area contributed by atoms with E-state index in [1.165, 1.54) is 19.3 Å². The maximum Gasteiger partial charge on any atom is 0.251 e. The molecule has 1 N–H and O–H groups in total. The minimum atomic E-state index is -0.00111. The molecule has 1 saturated carbocycles. The summed E-state index contributed by atoms with van der Waals surface area (Å²) in [7, 11) is 0. The second kappa shape index (κ2) is 5.54. The highest BCUT2D eigenvalue weighted by molar-refractivity contribution is 6.31. The first kappa shape index (κ1) is 12.4. The monoisotopic (exact) mass is 251 g/mol. The molecule has 3 heteroatoms. The molecule has 2 nitrogen and oxygen atoms in total. The summed E-state index contributed by atoms with van der Waals surface area (Å²) in [6, 6.07) is 5.81. The molecule has 0 spiro atoms. The van der Waals surface area contributed by atoms with Crippen LogP contribution >= 0.6 is 11.6 Å². The van der Waals surface area contributed by atoms with Crippen LogP contribution in [0, 0.1) is 6.92 Å². The fourth-order valence-electron chi connectivity index (χ4n) is 2.25. The van der Waals surface area contributed by atoms with Gasteiger partial charge in [0.1, 0.15) is 0 Å². The lowest BCUT2D eigenvalue weighted by molar-refractivity contribution is 0.0927. The van der Waals surface area contributed by atoms with E-state index >= 15 is 0 Å². The molecule has 1 aliphatic rings. The molecule has 0 aliphatic heterocycles. The van der Waals surface area contributed by atoms with Crippen LogP contribution in [0.25, 0.3) is 0 Å². The zero-order valence-corrected chi connectivity index (χ0v) is 10.9. The largest absolute Gasteiger partial charge is 0.349 e. The molecule has 0 saturated heterocycles. The molecule has 1 fully saturated rings. The highest BCUT2D eigenvalue weighted by atomic mass is 35.5. The predicted octanol–water partition coefficient (Wildman–Crippen LogP) is 3.71. The van der Waals surface area contributed by atoms with Gasteiger partial charge in [0.25, 0.3) is 5.91 Å². The van der Waals surface area contributed by atoms with Crippen LogP contribution in [0.3, 0.4) is 0 Å². The van der Waals surface area contributed by atoms with Crippen LogP contribution < -0.4 is 5.32 Å². The van der Waals surface area contributed by atoms with Gasteiger partial charge in [-0.3, -0.25) is 4.79 Å². The Morgan fingerprint density at radius 1 is 1.29 bits per heavy atom. The van der Waals surface area contributed by atoms with E-state index in [-0.39, 0.29) is 5.91 Å². The highest BCUT2D eigenvalue weighted by Gasteiger charge is 2.16. The van der Waals surface area contributed by atoms with E-state index in [1.807, 2.05) is 19.1 Å². The van der Waals surface area contributed by atoms with Crippen molar-refractivity contribution in [3.63, 3.8) is 0 Å². The second-order valence-electron chi connectivity index (χ2n) is 4.77. The molecule has 0 bridgehead atoms. The van der Waals surface area contributed by atoms with Gasteiger partial charge in [0.15, 0.2) is 0 Å². The van der Waals surface area contributed by atoms with Crippen LogP contribution in [0.1, 0.15) is 48.0 Å². The Balaban J connectivity index is 2.01. The van der Waals surface area contributed by atoms with Gasteiger partial charge in [-0.2, -0.15) is 0 Å². The van der Waals surface area contributed by atoms with Crippen molar-refractivity contribution >= 4 is 17.5 Å². The van der Waals surface area contributed by atoms with Crippen LogP contribution in [-0.4, -0.2) is 11.9 Å². The van der Waals surface area contributed by atoms with Gasteiger partial charge in [-0.15, -0.1) is 0 Å². The van der Waals surface area contributed by atoms with Crippen molar-refractivity contribution in [2.45, 2.75) is 45.1 Å². The fourth-order valence-corrected chi connectivity index (χ4v) is 2.43. The summed E-state index contributed by atoms with van der Waals surface area (Å²) in [6.45, 7) is 1.94. The number of hydrogen-bond donors (Lipinski definition) is 1. The number of halogens is 1. The van der Waals surface area contributed by atoms with Gasteiger partial charge in [-0.25, -0.2) is 0 Å². The number of carbonyl (C=O) groups is 1. The number of rotatable bonds is 2. The predicted molar refractivity (Wildman–Crippen MR) is 70.5 cm³/mol. The Morgan fingerprint density at radius 3 is 2.65 bits per heavy atom. The molecule has 0 aromatic heterocycles. The number of amides is 1. The highest BCUT2D eigenvalue weighted by Crippen LogP contribution is 2.19. The molecule has 17 heavy (non-hydrogen) atoms. The molecular weight excluding hydrogens is 234 g/mol. The third-order valence-electron chi connectivity index (χ3n) is 3.37. The molecule has 1 aliphatic carbocycles. The van der Waals surface area contributed by atoms with Crippen molar-refractivity contribution in [1.29, 1.82) is 0 Å². The average Bonchev–Trinajstić information content (AvgIpc) is 2.34. The number of nitrogens with one attached hydrogen (secondary N) is 1. The van der Waals surface area contributed by atoms with Crippen molar-refractivity contribution in [2.75, 3.05) is 0 Å². The van der Waals surface area contributed by atoms with E-state index in [9.17, 15) is 4.79 Å². The minimum absolute atomic E-state index is 0.00111. The quantitative estimate of drug-likeness (QED) is 0.853. The Labute approximate surface area is 107 Å². The van der Waals surface area contributed by atoms with Gasteiger partial charge in [-0.1, -0.05) is 36.9 Å². The summed E-state index contributed by atoms with van der Waals surface area (Å²) >= 11 is 6.02. The molecule has 0 unspecified atom stereocenters. The summed E-state index contributed by atoms with van der Waals surface area (Å²) < 4.78 is 0. The van der Waals surface area contributed by atoms with Crippen LogP contribution in [0.4, 0.5) is 0 Å². The third kappa shape index (κ3) is 3.22. The number of aryl methyl sites for hydroxylation is 1. The van der Waals surface area contributed by atoms with E-state index in [0.717, 1.165) is 18.4 Å². The first-order valence-corrected chi connectivity index (χ1v) is 6.61. The molecule has 0 atom stereocenters. The van der Waals surface area contributed by atoms with Crippen molar-refractivity contribution in [3.05, 3.63) is 34.3 Å². The summed E-state index contributed by atoms with van der Waals surface area (Å²) in [5.41, 5.74) is 1.66. The van der Waals surface area contributed by atoms with Crippen molar-refractivity contribution in [2.24, 2.45) is 0 Å². The first-order chi connectivity index (χ1) is 8.16. The van der Waals surface area contributed by atoms with Crippen molar-refractivity contribution in [1.82, 2.24) is 5.32 Å². The molecule has 1 amide bonds. The van der Waals surface area contributed by atoms with Crippen LogP contribution in [0.5, 0.6) is 0 Å². The van der Waals surface area contributed by atoms with Gasteiger partial charge in [0.2, 0.25) is 0 Å². The molecule has 0 heterocycles. The molecule has 1 aromatic carbocycles. The lowest BCUT2D eigenvalue weighted by atomic mass is 9.95. The molecular formula is C14H18ClNO. The van der Waals surface area contributed by atoms with E-state index < -0.39 is 0 Å². The molecule has 1 aromatic rings. The topological polar surface area (TPSA) is 29.1 Å². The second-order valence-corrected chi connectivity index (χ2v) is 5.18. The van der Waals surface area contributed by atoms with Gasteiger partial charge in [0, 0.05) is 16.6 Å². The number of carbonyl (C=O) groups excluding carboxylic acids is 1. The summed E-state index contributed by atoms with van der Waals surface area (Å²) in [4.78, 5) is 12.0. The molecule has 0 radical (unpaired) electrons. The Hall–Kier alpha value is -1.02. The van der Waals surface area contributed by atoms with Crippen LogP contribution in [0.15, 0.2) is 18.2 Å². The number of hydrogen-bond acceptors (Lipinski definition) is 1. The average molecular weight is 252 g/mol. The normalized spacial score (nSPS) is 16.8. The Morgan fingerprint density at radius 2 is 2.00 bits per heavy atom. The van der Waals surface area contributed by atoms with E-state index in [0.29, 0.717) is 16.6 Å². The molecule has 92 valence electrons. The van der Waals surface area contributed by atoms with Gasteiger partial charge in [0.05, 0.1) is 0 Å². The third-order valence-corrected chi connectivity index (χ3v) is 3.78. The zero-order valence-electron chi connectivity index (χ0n) is 10.1. The van der Waals surface area contributed by atoms with Gasteiger partial charge >= 0.3 is 0 Å². The number of benzene rings is 1. The maximum atomic E-state index is 12.0. The lowest BCUT2D eigenvalue weighted by Crippen LogP contribution is -2.36. The Kier molecular flexibility index (Phi) is 4.06. The Bertz CT molecular complexity index is 411. The maximum absolute atomic E-state index is 12.0. The summed E-state index contributed by atoms with van der Waals surface area (Å²) in [5.74, 6) is -0.00111. The summed E-state index contributed by atoms with van der Waals surface area (Å²) in [5, 5.41) is 3.74. The van der Waals surface area contributed by atoms with Crippen molar-refractivity contribution in [3.8, 4) is 0 Å². The zero-order chi connectivity index (χ0) is 12.3. The molecule has 2 rings (SSSR count). The SMILES string of the molecule is Cc1ccc(C(=O)NC2CCCCC2)cc1Cl. The van der Waals surface area contributed by atoms with Crippen LogP contribution in [0.2, 0.25) is 5.02 Å².